The minimum atomic E-state index is -0.625. The van der Waals surface area contributed by atoms with E-state index in [4.69, 9.17) is 14.2 Å². The molecular weight excluding hydrogens is 338 g/mol. The summed E-state index contributed by atoms with van der Waals surface area (Å²) in [7, 11) is 3.59. The van der Waals surface area contributed by atoms with Gasteiger partial charge in [-0.1, -0.05) is 12.1 Å². The van der Waals surface area contributed by atoms with Crippen molar-refractivity contribution in [3.8, 4) is 5.75 Å². The molecular formula is C23H31NO3. The van der Waals surface area contributed by atoms with E-state index in [9.17, 15) is 0 Å². The molecule has 2 aliphatic heterocycles. The summed E-state index contributed by atoms with van der Waals surface area (Å²) in [4.78, 5) is 2.83. The fourth-order valence-electron chi connectivity index (χ4n) is 7.10. The molecule has 0 amide bonds. The molecule has 27 heavy (non-hydrogen) atoms. The zero-order chi connectivity index (χ0) is 18.4. The molecule has 2 saturated carbocycles. The molecule has 2 heterocycles. The smallest absolute Gasteiger partial charge is 0.206 e. The molecule has 1 aromatic carbocycles. The van der Waals surface area contributed by atoms with Crippen LogP contribution in [0.2, 0.25) is 0 Å². The van der Waals surface area contributed by atoms with Crippen LogP contribution in [0.25, 0.3) is 0 Å². The summed E-state index contributed by atoms with van der Waals surface area (Å²) in [5, 5.41) is 0. The first-order valence-corrected chi connectivity index (χ1v) is 10.8. The van der Waals surface area contributed by atoms with Crippen LogP contribution in [0.3, 0.4) is 0 Å². The summed E-state index contributed by atoms with van der Waals surface area (Å²) < 4.78 is 18.9. The second-order valence-electron chi connectivity index (χ2n) is 9.61. The van der Waals surface area contributed by atoms with Gasteiger partial charge in [0.05, 0.1) is 0 Å². The van der Waals surface area contributed by atoms with E-state index in [2.05, 4.69) is 24.0 Å². The van der Waals surface area contributed by atoms with E-state index >= 15 is 0 Å². The number of ether oxygens (including phenoxy) is 3. The van der Waals surface area contributed by atoms with Crippen LogP contribution in [0.5, 0.6) is 5.75 Å². The van der Waals surface area contributed by atoms with Crippen molar-refractivity contribution in [2.24, 2.45) is 11.8 Å². The Morgan fingerprint density at radius 3 is 2.70 bits per heavy atom. The molecule has 6 rings (SSSR count). The number of hydrogen-bond acceptors (Lipinski definition) is 4. The third-order valence-corrected chi connectivity index (χ3v) is 8.53. The Bertz CT molecular complexity index is 784. The molecule has 0 aromatic heterocycles. The number of nitrogens with zero attached hydrogens (tertiary/aromatic N) is 1. The minimum Gasteiger partial charge on any atom is -0.483 e. The predicted molar refractivity (Wildman–Crippen MR) is 103 cm³/mol. The monoisotopic (exact) mass is 369 g/mol. The van der Waals surface area contributed by atoms with Crippen LogP contribution < -0.4 is 4.74 Å². The van der Waals surface area contributed by atoms with Crippen molar-refractivity contribution in [3.63, 3.8) is 0 Å². The predicted octanol–water partition coefficient (Wildman–Crippen LogP) is 3.43. The quantitative estimate of drug-likeness (QED) is 0.761. The number of hydrogen-bond donors (Lipinski definition) is 0. The van der Waals surface area contributed by atoms with Gasteiger partial charge in [0.25, 0.3) is 0 Å². The number of methoxy groups -OCH3 is 2. The molecule has 1 saturated heterocycles. The largest absolute Gasteiger partial charge is 0.483 e. The van der Waals surface area contributed by atoms with Crippen molar-refractivity contribution in [1.29, 1.82) is 0 Å². The second kappa shape index (κ2) is 5.49. The molecule has 0 N–H and O–H groups in total. The lowest BCUT2D eigenvalue weighted by Crippen LogP contribution is -2.71. The van der Waals surface area contributed by atoms with Crippen LogP contribution in [-0.2, 0) is 21.3 Å². The zero-order valence-electron chi connectivity index (χ0n) is 16.8. The van der Waals surface area contributed by atoms with E-state index in [1.165, 1.54) is 61.9 Å². The maximum absolute atomic E-state index is 6.77. The van der Waals surface area contributed by atoms with Crippen molar-refractivity contribution >= 4 is 0 Å². The molecule has 1 spiro atoms. The average molecular weight is 370 g/mol. The van der Waals surface area contributed by atoms with Crippen LogP contribution in [0.4, 0.5) is 0 Å². The van der Waals surface area contributed by atoms with E-state index in [1.54, 1.807) is 14.2 Å². The lowest BCUT2D eigenvalue weighted by molar-refractivity contribution is -0.292. The highest BCUT2D eigenvalue weighted by Crippen LogP contribution is 2.65. The van der Waals surface area contributed by atoms with Crippen molar-refractivity contribution in [2.75, 3.05) is 27.3 Å². The molecule has 4 heteroatoms. The van der Waals surface area contributed by atoms with Crippen molar-refractivity contribution in [3.05, 3.63) is 28.8 Å². The molecule has 4 atom stereocenters. The number of rotatable bonds is 4. The molecule has 1 aromatic rings. The molecule has 3 fully saturated rings. The van der Waals surface area contributed by atoms with Crippen LogP contribution in [0.15, 0.2) is 12.1 Å². The van der Waals surface area contributed by atoms with Crippen molar-refractivity contribution in [1.82, 2.24) is 4.90 Å². The van der Waals surface area contributed by atoms with Crippen molar-refractivity contribution in [2.45, 2.75) is 68.8 Å². The van der Waals surface area contributed by atoms with Gasteiger partial charge in [-0.05, 0) is 68.5 Å². The highest BCUT2D eigenvalue weighted by molar-refractivity contribution is 5.58. The van der Waals surface area contributed by atoms with Crippen LogP contribution >= 0.6 is 0 Å². The van der Waals surface area contributed by atoms with Gasteiger partial charge >= 0.3 is 0 Å². The molecule has 2 bridgehead atoms. The van der Waals surface area contributed by atoms with Gasteiger partial charge < -0.3 is 14.2 Å². The van der Waals surface area contributed by atoms with E-state index in [1.807, 2.05) is 0 Å². The number of likely N-dealkylation sites (tertiary alicyclic amines) is 1. The molecule has 0 radical (unpaired) electrons. The fraction of sp³-hybridized carbons (Fsp3) is 0.739. The van der Waals surface area contributed by atoms with Gasteiger partial charge in [0.15, 0.2) is 6.10 Å². The fourth-order valence-corrected chi connectivity index (χ4v) is 7.10. The standard InChI is InChI=1S/C23H31NO3/c1-14-4-7-16-12-18-17-8-9-23(25-2,26-3)21-22(17,19(16)20(14)27-21)10-11-24(18)13-15-5-6-15/h4,7,15,17-18,21H,5-6,8-13H2,1-3H3/t17?,18-,21-,22+/m0/s1. The summed E-state index contributed by atoms with van der Waals surface area (Å²) in [6.07, 6.45) is 7.28. The first kappa shape index (κ1) is 16.8. The summed E-state index contributed by atoms with van der Waals surface area (Å²) in [5.41, 5.74) is 4.35. The third-order valence-electron chi connectivity index (χ3n) is 8.53. The van der Waals surface area contributed by atoms with E-state index in [0.29, 0.717) is 12.0 Å². The number of benzene rings is 1. The Balaban J connectivity index is 1.52. The summed E-state index contributed by atoms with van der Waals surface area (Å²) in [6.45, 7) is 4.68. The summed E-state index contributed by atoms with van der Waals surface area (Å²) in [6, 6.07) is 5.28. The summed E-state index contributed by atoms with van der Waals surface area (Å²) in [5.74, 6) is 2.12. The first-order chi connectivity index (χ1) is 13.1. The van der Waals surface area contributed by atoms with Gasteiger partial charge in [-0.3, -0.25) is 4.90 Å². The minimum absolute atomic E-state index is 0.0283. The lowest BCUT2D eigenvalue weighted by atomic mass is 9.50. The van der Waals surface area contributed by atoms with E-state index in [-0.39, 0.29) is 11.5 Å². The Morgan fingerprint density at radius 2 is 1.96 bits per heavy atom. The van der Waals surface area contributed by atoms with Gasteiger partial charge in [0, 0.05) is 44.2 Å². The normalized spacial score (nSPS) is 38.4. The van der Waals surface area contributed by atoms with E-state index < -0.39 is 5.79 Å². The van der Waals surface area contributed by atoms with Gasteiger partial charge in [-0.2, -0.15) is 0 Å². The van der Waals surface area contributed by atoms with Gasteiger partial charge in [0.1, 0.15) is 5.75 Å². The maximum Gasteiger partial charge on any atom is 0.206 e. The van der Waals surface area contributed by atoms with Crippen LogP contribution in [-0.4, -0.2) is 50.1 Å². The average Bonchev–Trinajstić information content (AvgIpc) is 3.43. The molecule has 4 nitrogen and oxygen atoms in total. The van der Waals surface area contributed by atoms with Gasteiger partial charge in [-0.15, -0.1) is 0 Å². The Morgan fingerprint density at radius 1 is 1.15 bits per heavy atom. The lowest BCUT2D eigenvalue weighted by Gasteiger charge is -2.61. The Hall–Kier alpha value is -1.10. The molecule has 1 unspecified atom stereocenters. The van der Waals surface area contributed by atoms with Crippen LogP contribution in [0.1, 0.15) is 48.8 Å². The SMILES string of the molecule is COC1(OC)CCC2[C@@H]3Cc4ccc(C)c5c4[C@]2(CCN3CC2CC2)[C@@H]1O5. The first-order valence-electron chi connectivity index (χ1n) is 10.8. The summed E-state index contributed by atoms with van der Waals surface area (Å²) >= 11 is 0. The second-order valence-corrected chi connectivity index (χ2v) is 9.61. The van der Waals surface area contributed by atoms with Crippen molar-refractivity contribution < 1.29 is 14.2 Å². The molecule has 146 valence electrons. The maximum atomic E-state index is 6.77. The van der Waals surface area contributed by atoms with Crippen LogP contribution in [0, 0.1) is 18.8 Å². The Labute approximate surface area is 162 Å². The molecule has 3 aliphatic carbocycles. The topological polar surface area (TPSA) is 30.9 Å². The van der Waals surface area contributed by atoms with Gasteiger partial charge in [0.2, 0.25) is 5.79 Å². The highest BCUT2D eigenvalue weighted by Gasteiger charge is 2.70. The zero-order valence-corrected chi connectivity index (χ0v) is 16.8. The molecule has 5 aliphatic rings. The number of aryl methyl sites for hydroxylation is 1. The Kier molecular flexibility index (Phi) is 3.42. The number of piperidine rings is 1. The third kappa shape index (κ3) is 2.00. The van der Waals surface area contributed by atoms with E-state index in [0.717, 1.165) is 18.1 Å². The highest BCUT2D eigenvalue weighted by atomic mass is 16.7. The van der Waals surface area contributed by atoms with Gasteiger partial charge in [-0.25, -0.2) is 0 Å².